The van der Waals surface area contributed by atoms with Crippen LogP contribution in [0.15, 0.2) is 92.3 Å². The Morgan fingerprint density at radius 1 is 1.12 bits per heavy atom. The van der Waals surface area contributed by atoms with Gasteiger partial charge in [-0.3, -0.25) is 9.36 Å². The Labute approximate surface area is 248 Å². The molecule has 1 aliphatic rings. The number of hydrogen-bond donors (Lipinski definition) is 0. The van der Waals surface area contributed by atoms with Gasteiger partial charge in [-0.05, 0) is 77.3 Å². The molecular formula is C31H26BrFN2O5S. The van der Waals surface area contributed by atoms with Gasteiger partial charge >= 0.3 is 5.97 Å². The van der Waals surface area contributed by atoms with Crippen LogP contribution in [0.1, 0.15) is 36.6 Å². The summed E-state index contributed by atoms with van der Waals surface area (Å²) in [7, 11) is 1.55. The number of carbonyl (C=O) groups is 1. The average molecular weight is 638 g/mol. The van der Waals surface area contributed by atoms with Crippen molar-refractivity contribution < 1.29 is 23.4 Å². The molecule has 4 aromatic rings. The molecular weight excluding hydrogens is 611 g/mol. The van der Waals surface area contributed by atoms with E-state index < -0.39 is 12.0 Å². The van der Waals surface area contributed by atoms with E-state index >= 15 is 0 Å². The van der Waals surface area contributed by atoms with Gasteiger partial charge in [0, 0.05) is 5.56 Å². The Hall–Kier alpha value is -4.02. The lowest BCUT2D eigenvalue weighted by molar-refractivity contribution is -0.139. The molecule has 0 spiro atoms. The van der Waals surface area contributed by atoms with E-state index in [1.807, 2.05) is 30.3 Å². The predicted octanol–water partition coefficient (Wildman–Crippen LogP) is 5.29. The maximum Gasteiger partial charge on any atom is 0.338 e. The molecule has 210 valence electrons. The van der Waals surface area contributed by atoms with E-state index in [0.29, 0.717) is 42.1 Å². The molecule has 0 saturated heterocycles. The van der Waals surface area contributed by atoms with Gasteiger partial charge in [0.25, 0.3) is 5.56 Å². The maximum absolute atomic E-state index is 13.9. The second-order valence-corrected chi connectivity index (χ2v) is 11.0. The number of thiazole rings is 1. The molecule has 3 aromatic carbocycles. The van der Waals surface area contributed by atoms with E-state index in [0.717, 1.165) is 11.1 Å². The monoisotopic (exact) mass is 636 g/mol. The number of fused-ring (bicyclic) bond motifs is 1. The molecule has 0 bridgehead atoms. The lowest BCUT2D eigenvalue weighted by Gasteiger charge is -2.25. The van der Waals surface area contributed by atoms with E-state index in [4.69, 9.17) is 14.2 Å². The quantitative estimate of drug-likeness (QED) is 0.246. The zero-order valence-corrected chi connectivity index (χ0v) is 24.9. The number of ether oxygens (including phenoxy) is 3. The lowest BCUT2D eigenvalue weighted by Crippen LogP contribution is -2.40. The number of carbonyl (C=O) groups excluding carboxylic acids is 1. The van der Waals surface area contributed by atoms with Crippen LogP contribution in [0.25, 0.3) is 6.08 Å². The zero-order chi connectivity index (χ0) is 29.1. The van der Waals surface area contributed by atoms with Gasteiger partial charge in [0.1, 0.15) is 30.0 Å². The van der Waals surface area contributed by atoms with Crippen molar-refractivity contribution in [2.45, 2.75) is 26.5 Å². The number of halogens is 2. The summed E-state index contributed by atoms with van der Waals surface area (Å²) in [5, 5.41) is 0. The second kappa shape index (κ2) is 12.2. The second-order valence-electron chi connectivity index (χ2n) is 9.15. The molecule has 2 heterocycles. The molecule has 10 heteroatoms. The van der Waals surface area contributed by atoms with Crippen LogP contribution in [-0.4, -0.2) is 24.3 Å². The molecule has 1 aromatic heterocycles. The number of para-hydroxylation sites is 1. The number of aromatic nitrogens is 1. The van der Waals surface area contributed by atoms with Crippen molar-refractivity contribution in [1.29, 1.82) is 0 Å². The van der Waals surface area contributed by atoms with E-state index in [-0.39, 0.29) is 24.6 Å². The van der Waals surface area contributed by atoms with E-state index in [1.54, 1.807) is 51.3 Å². The number of rotatable bonds is 8. The third-order valence-corrected chi connectivity index (χ3v) is 8.11. The fourth-order valence-corrected chi connectivity index (χ4v) is 6.15. The molecule has 0 N–H and O–H groups in total. The number of nitrogens with zero attached hydrogens (tertiary/aromatic N) is 2. The SMILES string of the molecule is CCOC(=O)C1=C(C)N=c2s/c(=C\c3ccc(OCc4ccc(F)cc4)c(Br)c3)c(=O)n2[C@@H]1c1ccccc1OC. The van der Waals surface area contributed by atoms with Gasteiger partial charge in [-0.1, -0.05) is 47.7 Å². The topological polar surface area (TPSA) is 79.1 Å². The third kappa shape index (κ3) is 5.89. The Balaban J connectivity index is 1.54. The first-order valence-corrected chi connectivity index (χ1v) is 14.4. The van der Waals surface area contributed by atoms with Crippen LogP contribution in [0.4, 0.5) is 4.39 Å². The number of esters is 1. The van der Waals surface area contributed by atoms with Crippen LogP contribution >= 0.6 is 27.3 Å². The highest BCUT2D eigenvalue weighted by molar-refractivity contribution is 9.10. The molecule has 1 aliphatic heterocycles. The van der Waals surface area contributed by atoms with Crippen molar-refractivity contribution in [3.8, 4) is 11.5 Å². The van der Waals surface area contributed by atoms with E-state index in [9.17, 15) is 14.0 Å². The van der Waals surface area contributed by atoms with Gasteiger partial charge in [0.05, 0.1) is 34.0 Å². The van der Waals surface area contributed by atoms with Gasteiger partial charge in [-0.2, -0.15) is 0 Å². The normalized spacial score (nSPS) is 14.9. The summed E-state index contributed by atoms with van der Waals surface area (Å²) in [6.45, 7) is 3.95. The number of allylic oxidation sites excluding steroid dienone is 1. The number of hydrogen-bond acceptors (Lipinski definition) is 7. The fraction of sp³-hybridized carbons (Fsp3) is 0.194. The summed E-state index contributed by atoms with van der Waals surface area (Å²) < 4.78 is 32.7. The minimum atomic E-state index is -0.766. The van der Waals surface area contributed by atoms with Crippen molar-refractivity contribution in [1.82, 2.24) is 4.57 Å². The van der Waals surface area contributed by atoms with Crippen LogP contribution in [0.3, 0.4) is 0 Å². The van der Waals surface area contributed by atoms with Crippen LogP contribution < -0.4 is 24.4 Å². The summed E-state index contributed by atoms with van der Waals surface area (Å²) in [6.07, 6.45) is 1.78. The number of methoxy groups -OCH3 is 1. The standard InChI is InChI=1S/C31H26BrFN2O5S/c1-4-39-30(37)27-18(2)34-31-35(28(27)22-7-5-6-8-24(22)38-3)29(36)26(41-31)16-20-11-14-25(23(32)15-20)40-17-19-9-12-21(33)13-10-19/h5-16,28H,4,17H2,1-3H3/b26-16-/t28-/m1/s1. The highest BCUT2D eigenvalue weighted by Crippen LogP contribution is 2.35. The first-order valence-electron chi connectivity index (χ1n) is 12.8. The smallest absolute Gasteiger partial charge is 0.338 e. The summed E-state index contributed by atoms with van der Waals surface area (Å²) in [4.78, 5) is 32.1. The number of benzene rings is 3. The van der Waals surface area contributed by atoms with Crippen LogP contribution in [-0.2, 0) is 16.1 Å². The summed E-state index contributed by atoms with van der Waals surface area (Å²) in [5.74, 6) is 0.327. The van der Waals surface area contributed by atoms with Gasteiger partial charge in [-0.25, -0.2) is 14.2 Å². The Bertz CT molecular complexity index is 1830. The molecule has 0 saturated carbocycles. The van der Waals surface area contributed by atoms with Crippen LogP contribution in [0.5, 0.6) is 11.5 Å². The highest BCUT2D eigenvalue weighted by Gasteiger charge is 2.34. The Morgan fingerprint density at radius 2 is 1.88 bits per heavy atom. The van der Waals surface area contributed by atoms with Crippen LogP contribution in [0, 0.1) is 5.82 Å². The molecule has 5 rings (SSSR count). The minimum absolute atomic E-state index is 0.192. The van der Waals surface area contributed by atoms with Gasteiger partial charge in [0.2, 0.25) is 0 Å². The molecule has 0 unspecified atom stereocenters. The van der Waals surface area contributed by atoms with Crippen molar-refractivity contribution in [3.63, 3.8) is 0 Å². The first-order chi connectivity index (χ1) is 19.8. The van der Waals surface area contributed by atoms with Gasteiger partial charge in [0.15, 0.2) is 4.80 Å². The van der Waals surface area contributed by atoms with Crippen molar-refractivity contribution in [2.24, 2.45) is 4.99 Å². The lowest BCUT2D eigenvalue weighted by atomic mass is 9.95. The highest BCUT2D eigenvalue weighted by atomic mass is 79.9. The molecule has 0 aliphatic carbocycles. The zero-order valence-electron chi connectivity index (χ0n) is 22.5. The largest absolute Gasteiger partial charge is 0.496 e. The molecule has 0 radical (unpaired) electrons. The Kier molecular flexibility index (Phi) is 8.51. The fourth-order valence-electron chi connectivity index (χ4n) is 4.60. The molecule has 0 amide bonds. The average Bonchev–Trinajstić information content (AvgIpc) is 3.26. The van der Waals surface area contributed by atoms with E-state index in [2.05, 4.69) is 20.9 Å². The van der Waals surface area contributed by atoms with E-state index in [1.165, 1.54) is 28.0 Å². The van der Waals surface area contributed by atoms with Gasteiger partial charge in [-0.15, -0.1) is 0 Å². The molecule has 0 fully saturated rings. The van der Waals surface area contributed by atoms with Crippen LogP contribution in [0.2, 0.25) is 0 Å². The minimum Gasteiger partial charge on any atom is -0.496 e. The first kappa shape index (κ1) is 28.5. The predicted molar refractivity (Wildman–Crippen MR) is 158 cm³/mol. The van der Waals surface area contributed by atoms with Crippen molar-refractivity contribution >= 4 is 39.3 Å². The Morgan fingerprint density at radius 3 is 2.59 bits per heavy atom. The summed E-state index contributed by atoms with van der Waals surface area (Å²) in [5.41, 5.74) is 2.76. The van der Waals surface area contributed by atoms with Crippen molar-refractivity contribution in [2.75, 3.05) is 13.7 Å². The van der Waals surface area contributed by atoms with Crippen molar-refractivity contribution in [3.05, 3.63) is 125 Å². The molecule has 41 heavy (non-hydrogen) atoms. The maximum atomic E-state index is 13.9. The summed E-state index contributed by atoms with van der Waals surface area (Å²) >= 11 is 4.79. The third-order valence-electron chi connectivity index (χ3n) is 6.51. The molecule has 1 atom stereocenters. The van der Waals surface area contributed by atoms with Gasteiger partial charge < -0.3 is 14.2 Å². The molecule has 7 nitrogen and oxygen atoms in total. The summed E-state index contributed by atoms with van der Waals surface area (Å²) in [6, 6.07) is 18.2.